The van der Waals surface area contributed by atoms with Crippen LogP contribution in [0, 0.1) is 6.92 Å². The average molecular weight is 514 g/mol. The summed E-state index contributed by atoms with van der Waals surface area (Å²) in [6.07, 6.45) is 12.4. The van der Waals surface area contributed by atoms with Crippen molar-refractivity contribution in [3.63, 3.8) is 0 Å². The molecule has 0 bridgehead atoms. The number of aromatic nitrogens is 1. The molecule has 0 radical (unpaired) electrons. The van der Waals surface area contributed by atoms with Gasteiger partial charge in [0, 0.05) is 17.6 Å². The van der Waals surface area contributed by atoms with Gasteiger partial charge in [-0.05, 0) is 56.2 Å². The molecule has 1 aliphatic carbocycles. The van der Waals surface area contributed by atoms with E-state index in [2.05, 4.69) is 27.1 Å². The molecule has 0 atom stereocenters. The number of aliphatic carboxylic acids is 1. The van der Waals surface area contributed by atoms with Crippen molar-refractivity contribution in [1.29, 1.82) is 0 Å². The fourth-order valence-corrected chi connectivity index (χ4v) is 4.96. The number of fused-ring (bicyclic) bond motifs is 3. The second-order valence-corrected chi connectivity index (χ2v) is 8.61. The van der Waals surface area contributed by atoms with E-state index in [0.29, 0.717) is 40.6 Å². The summed E-state index contributed by atoms with van der Waals surface area (Å²) in [6, 6.07) is 1.86. The molecule has 0 saturated carbocycles. The average Bonchev–Trinajstić information content (AvgIpc) is 3.11. The van der Waals surface area contributed by atoms with Crippen molar-refractivity contribution in [1.82, 2.24) is 4.57 Å². The molecule has 1 aromatic heterocycles. The first-order valence-corrected chi connectivity index (χ1v) is 12.1. The lowest BCUT2D eigenvalue weighted by molar-refractivity contribution is -0.139. The lowest BCUT2D eigenvalue weighted by atomic mass is 9.89. The third-order valence-electron chi connectivity index (χ3n) is 5.98. The van der Waals surface area contributed by atoms with E-state index in [1.807, 2.05) is 31.2 Å². The summed E-state index contributed by atoms with van der Waals surface area (Å²) in [5.74, 6) is -1.37. The minimum absolute atomic E-state index is 0.296. The Morgan fingerprint density at radius 3 is 2.70 bits per heavy atom. The van der Waals surface area contributed by atoms with Crippen molar-refractivity contribution in [3.05, 3.63) is 64.9 Å². The maximum absolute atomic E-state index is 12.7. The van der Waals surface area contributed by atoms with Crippen LogP contribution in [0.15, 0.2) is 42.5 Å². The van der Waals surface area contributed by atoms with Crippen LogP contribution in [-0.2, 0) is 29.0 Å². The van der Waals surface area contributed by atoms with Gasteiger partial charge in [-0.15, -0.1) is 0 Å². The van der Waals surface area contributed by atoms with E-state index < -0.39 is 18.4 Å². The highest BCUT2D eigenvalue weighted by molar-refractivity contribution is 9.09. The molecule has 0 unspecified atom stereocenters. The van der Waals surface area contributed by atoms with E-state index in [-0.39, 0.29) is 0 Å². The number of ether oxygens (including phenoxy) is 1. The third kappa shape index (κ3) is 5.36. The molecule has 33 heavy (non-hydrogen) atoms. The maximum Gasteiger partial charge on any atom is 0.341 e. The zero-order valence-electron chi connectivity index (χ0n) is 18.7. The Balaban J connectivity index is 2.22. The summed E-state index contributed by atoms with van der Waals surface area (Å²) in [5, 5.41) is 10.4. The van der Waals surface area contributed by atoms with Crippen molar-refractivity contribution < 1.29 is 24.2 Å². The Kier molecular flexibility index (Phi) is 8.44. The second-order valence-electron chi connectivity index (χ2n) is 8.05. The molecule has 0 spiro atoms. The highest BCUT2D eigenvalue weighted by Crippen LogP contribution is 2.41. The first-order valence-electron chi connectivity index (χ1n) is 11.0. The number of benzene rings is 1. The van der Waals surface area contributed by atoms with Gasteiger partial charge in [-0.1, -0.05) is 52.4 Å². The lowest BCUT2D eigenvalue weighted by Crippen LogP contribution is -2.12. The van der Waals surface area contributed by atoms with Crippen LogP contribution in [0.1, 0.15) is 46.4 Å². The minimum Gasteiger partial charge on any atom is -0.481 e. The van der Waals surface area contributed by atoms with Gasteiger partial charge >= 0.3 is 5.97 Å². The topological polar surface area (TPSA) is 85.6 Å². The molecule has 6 nitrogen and oxygen atoms in total. The van der Waals surface area contributed by atoms with Gasteiger partial charge < -0.3 is 14.4 Å². The number of ketones is 1. The number of nitrogens with zero attached hydrogens (tertiary/aromatic N) is 1. The summed E-state index contributed by atoms with van der Waals surface area (Å²) in [4.78, 5) is 35.4. The highest BCUT2D eigenvalue weighted by atomic mass is 79.9. The van der Waals surface area contributed by atoms with Crippen LogP contribution >= 0.6 is 15.9 Å². The first-order chi connectivity index (χ1) is 15.9. The Morgan fingerprint density at radius 2 is 2.03 bits per heavy atom. The second kappa shape index (κ2) is 11.3. The van der Waals surface area contributed by atoms with Crippen molar-refractivity contribution in [2.75, 3.05) is 11.9 Å². The quantitative estimate of drug-likeness (QED) is 0.148. The van der Waals surface area contributed by atoms with E-state index in [1.165, 1.54) is 5.57 Å². The normalized spacial score (nSPS) is 13.8. The zero-order valence-corrected chi connectivity index (χ0v) is 20.3. The first kappa shape index (κ1) is 24.7. The Bertz CT molecular complexity index is 1160. The Morgan fingerprint density at radius 1 is 1.27 bits per heavy atom. The van der Waals surface area contributed by atoms with Crippen LogP contribution in [0.25, 0.3) is 10.9 Å². The molecule has 1 heterocycles. The monoisotopic (exact) mass is 513 g/mol. The Labute approximate surface area is 201 Å². The van der Waals surface area contributed by atoms with Crippen LogP contribution in [-0.4, -0.2) is 39.6 Å². The van der Waals surface area contributed by atoms with Crippen molar-refractivity contribution in [2.24, 2.45) is 0 Å². The predicted octanol–water partition coefficient (Wildman–Crippen LogP) is 5.13. The molecule has 3 rings (SSSR count). The maximum atomic E-state index is 12.7. The molecular weight excluding hydrogens is 486 g/mol. The van der Waals surface area contributed by atoms with Gasteiger partial charge in [-0.3, -0.25) is 9.59 Å². The number of carboxylic acids is 1. The van der Waals surface area contributed by atoms with Crippen molar-refractivity contribution in [3.8, 4) is 5.75 Å². The number of aryl methyl sites for hydroxylation is 3. The molecule has 0 saturated heterocycles. The van der Waals surface area contributed by atoms with Crippen LogP contribution in [0.3, 0.4) is 0 Å². The number of hydrogen-bond acceptors (Lipinski definition) is 4. The SMILES string of the molecule is C=C/C=C\C=C(/CBr)CCn1c(C)c(C(=O)C=O)c2c(OCC(=O)O)cc3c(c21)CCCC3. The molecule has 1 N–H and O–H groups in total. The number of rotatable bonds is 11. The molecule has 0 aliphatic heterocycles. The zero-order chi connectivity index (χ0) is 24.0. The van der Waals surface area contributed by atoms with Crippen molar-refractivity contribution >= 4 is 44.9 Å². The standard InChI is InChI=1S/C26H28BrNO5/c1-3-4-5-8-18(14-27)11-12-28-17(2)24(21(30)15-29)25-22(33-16-23(31)32)13-19-9-6-7-10-20(19)26(25)28/h3-5,8,13,15H,1,6-7,9-12,14,16H2,2H3,(H,31,32)/b5-4-,18-8-. The number of carbonyl (C=O) groups is 3. The van der Waals surface area contributed by atoms with E-state index in [0.717, 1.165) is 48.7 Å². The number of Topliss-reactive ketones (excluding diaryl/α,β-unsaturated/α-hetero) is 1. The predicted molar refractivity (Wildman–Crippen MR) is 133 cm³/mol. The molecular formula is C26H28BrNO5. The van der Waals surface area contributed by atoms with Crippen molar-refractivity contribution in [2.45, 2.75) is 45.6 Å². The summed E-state index contributed by atoms with van der Waals surface area (Å²) in [5.41, 5.74) is 5.31. The molecule has 1 aliphatic rings. The van der Waals surface area contributed by atoms with E-state index in [9.17, 15) is 14.4 Å². The van der Waals surface area contributed by atoms with Gasteiger partial charge in [-0.2, -0.15) is 0 Å². The van der Waals surface area contributed by atoms with Gasteiger partial charge in [0.05, 0.1) is 16.5 Å². The highest BCUT2D eigenvalue weighted by Gasteiger charge is 2.28. The number of carbonyl (C=O) groups excluding carboxylic acids is 2. The molecule has 1 aromatic carbocycles. The van der Waals surface area contributed by atoms with Gasteiger partial charge in [0.25, 0.3) is 0 Å². The summed E-state index contributed by atoms with van der Waals surface area (Å²) in [7, 11) is 0. The molecule has 174 valence electrons. The molecule has 7 heteroatoms. The van der Waals surface area contributed by atoms with Crippen LogP contribution < -0.4 is 4.74 Å². The van der Waals surface area contributed by atoms with E-state index >= 15 is 0 Å². The van der Waals surface area contributed by atoms with Crippen LogP contribution in [0.5, 0.6) is 5.75 Å². The lowest BCUT2D eigenvalue weighted by Gasteiger charge is -2.21. The number of hydrogen-bond donors (Lipinski definition) is 1. The Hall–Kier alpha value is -2.93. The third-order valence-corrected chi connectivity index (χ3v) is 6.70. The largest absolute Gasteiger partial charge is 0.481 e. The van der Waals surface area contributed by atoms with E-state index in [1.54, 1.807) is 6.08 Å². The number of alkyl halides is 1. The van der Waals surface area contributed by atoms with Gasteiger partial charge in [0.2, 0.25) is 5.78 Å². The summed E-state index contributed by atoms with van der Waals surface area (Å²) in [6.45, 7) is 5.62. The van der Waals surface area contributed by atoms with Crippen LogP contribution in [0.4, 0.5) is 0 Å². The fourth-order valence-electron chi connectivity index (χ4n) is 4.49. The molecule has 2 aromatic rings. The van der Waals surface area contributed by atoms with Gasteiger partial charge in [0.15, 0.2) is 12.9 Å². The van der Waals surface area contributed by atoms with E-state index in [4.69, 9.17) is 9.84 Å². The number of halogens is 1. The number of aldehydes is 1. The summed E-state index contributed by atoms with van der Waals surface area (Å²) >= 11 is 3.54. The smallest absolute Gasteiger partial charge is 0.341 e. The minimum atomic E-state index is -1.10. The number of allylic oxidation sites excluding steroid dienone is 5. The van der Waals surface area contributed by atoms with Gasteiger partial charge in [-0.25, -0.2) is 4.79 Å². The molecule has 0 amide bonds. The summed E-state index contributed by atoms with van der Waals surface area (Å²) < 4.78 is 7.74. The van der Waals surface area contributed by atoms with Gasteiger partial charge in [0.1, 0.15) is 5.75 Å². The fraction of sp³-hybridized carbons (Fsp3) is 0.346. The van der Waals surface area contributed by atoms with Crippen LogP contribution in [0.2, 0.25) is 0 Å². The molecule has 0 fully saturated rings. The number of carboxylic acid groups (broad SMARTS) is 1.